The van der Waals surface area contributed by atoms with Crippen LogP contribution in [0.3, 0.4) is 0 Å². The minimum Gasteiger partial charge on any atom is -0.452 e. The number of thiophene rings is 1. The highest BCUT2D eigenvalue weighted by molar-refractivity contribution is 7.08. The van der Waals surface area contributed by atoms with Crippen molar-refractivity contribution in [3.63, 3.8) is 0 Å². The number of esters is 1. The van der Waals surface area contributed by atoms with Gasteiger partial charge in [0.2, 0.25) is 0 Å². The molecule has 1 aromatic rings. The molecule has 0 radical (unpaired) electrons. The maximum atomic E-state index is 11.5. The maximum Gasteiger partial charge on any atom is 0.331 e. The largest absolute Gasteiger partial charge is 0.452 e. The summed E-state index contributed by atoms with van der Waals surface area (Å²) < 4.78 is 4.88. The van der Waals surface area contributed by atoms with Crippen molar-refractivity contribution in [3.8, 4) is 0 Å². The van der Waals surface area contributed by atoms with Gasteiger partial charge in [0.15, 0.2) is 6.61 Å². The summed E-state index contributed by atoms with van der Waals surface area (Å²) in [6.45, 7) is -0.205. The zero-order chi connectivity index (χ0) is 13.5. The molecule has 1 N–H and O–H groups in total. The zero-order valence-electron chi connectivity index (χ0n) is 10.6. The molecule has 2 rings (SSSR count). The molecule has 0 bridgehead atoms. The fourth-order valence-corrected chi connectivity index (χ4v) is 2.69. The molecule has 1 aromatic heterocycles. The minimum atomic E-state index is -0.493. The van der Waals surface area contributed by atoms with Crippen molar-refractivity contribution in [1.29, 1.82) is 0 Å². The van der Waals surface area contributed by atoms with Crippen LogP contribution in [-0.2, 0) is 14.3 Å². The first-order chi connectivity index (χ1) is 9.24. The molecule has 4 nitrogen and oxygen atoms in total. The van der Waals surface area contributed by atoms with E-state index in [-0.39, 0.29) is 18.6 Å². The van der Waals surface area contributed by atoms with Gasteiger partial charge in [0.1, 0.15) is 0 Å². The summed E-state index contributed by atoms with van der Waals surface area (Å²) >= 11 is 1.56. The Balaban J connectivity index is 1.66. The first-order valence-electron chi connectivity index (χ1n) is 6.40. The summed E-state index contributed by atoms with van der Waals surface area (Å²) in [4.78, 5) is 22.9. The fourth-order valence-electron chi connectivity index (χ4n) is 2.06. The van der Waals surface area contributed by atoms with Crippen LogP contribution in [0.4, 0.5) is 0 Å². The number of rotatable bonds is 5. The van der Waals surface area contributed by atoms with E-state index < -0.39 is 5.97 Å². The van der Waals surface area contributed by atoms with Crippen molar-refractivity contribution in [2.24, 2.45) is 0 Å². The van der Waals surface area contributed by atoms with Gasteiger partial charge in [0, 0.05) is 12.1 Å². The highest BCUT2D eigenvalue weighted by Crippen LogP contribution is 2.17. The number of hydrogen-bond donors (Lipinski definition) is 1. The van der Waals surface area contributed by atoms with Gasteiger partial charge in [0.05, 0.1) is 0 Å². The number of hydrogen-bond acceptors (Lipinski definition) is 4. The van der Waals surface area contributed by atoms with Crippen molar-refractivity contribution < 1.29 is 14.3 Å². The monoisotopic (exact) mass is 279 g/mol. The van der Waals surface area contributed by atoms with Crippen molar-refractivity contribution in [2.45, 2.75) is 31.7 Å². The van der Waals surface area contributed by atoms with Crippen LogP contribution < -0.4 is 5.32 Å². The van der Waals surface area contributed by atoms with E-state index in [2.05, 4.69) is 5.32 Å². The molecular formula is C14H17NO3S. The van der Waals surface area contributed by atoms with Crippen LogP contribution in [0.2, 0.25) is 0 Å². The number of carbonyl (C=O) groups excluding carboxylic acids is 2. The van der Waals surface area contributed by atoms with Gasteiger partial charge in [-0.1, -0.05) is 12.8 Å². The number of ether oxygens (including phenoxy) is 1. The van der Waals surface area contributed by atoms with Crippen molar-refractivity contribution >= 4 is 29.3 Å². The SMILES string of the molecule is O=C(COC(=O)/C=C/c1ccsc1)NC1CCCC1. The molecule has 1 heterocycles. The van der Waals surface area contributed by atoms with Crippen LogP contribution in [0.25, 0.3) is 6.08 Å². The van der Waals surface area contributed by atoms with E-state index in [0.717, 1.165) is 31.2 Å². The highest BCUT2D eigenvalue weighted by atomic mass is 32.1. The second-order valence-electron chi connectivity index (χ2n) is 4.55. The van der Waals surface area contributed by atoms with Gasteiger partial charge >= 0.3 is 5.97 Å². The molecule has 1 aliphatic carbocycles. The van der Waals surface area contributed by atoms with Gasteiger partial charge in [-0.3, -0.25) is 4.79 Å². The first kappa shape index (κ1) is 13.8. The van der Waals surface area contributed by atoms with E-state index in [4.69, 9.17) is 4.74 Å². The van der Waals surface area contributed by atoms with Gasteiger partial charge in [0.25, 0.3) is 5.91 Å². The van der Waals surface area contributed by atoms with Crippen molar-refractivity contribution in [3.05, 3.63) is 28.5 Å². The average Bonchev–Trinajstić information content (AvgIpc) is 3.06. The van der Waals surface area contributed by atoms with E-state index in [9.17, 15) is 9.59 Å². The summed E-state index contributed by atoms with van der Waals surface area (Å²) in [6.07, 6.45) is 7.39. The standard InChI is InChI=1S/C14H17NO3S/c16-13(15-12-3-1-2-4-12)9-18-14(17)6-5-11-7-8-19-10-11/h5-8,10,12H,1-4,9H2,(H,15,16)/b6-5+. The molecule has 102 valence electrons. The number of carbonyl (C=O) groups is 2. The highest BCUT2D eigenvalue weighted by Gasteiger charge is 2.17. The van der Waals surface area contributed by atoms with Gasteiger partial charge in [-0.25, -0.2) is 4.79 Å². The summed E-state index contributed by atoms with van der Waals surface area (Å²) in [6, 6.07) is 2.16. The molecular weight excluding hydrogens is 262 g/mol. The van der Waals surface area contributed by atoms with E-state index in [1.165, 1.54) is 6.08 Å². The lowest BCUT2D eigenvalue weighted by Crippen LogP contribution is -2.35. The van der Waals surface area contributed by atoms with Gasteiger partial charge in [-0.05, 0) is 41.3 Å². The first-order valence-corrected chi connectivity index (χ1v) is 7.35. The van der Waals surface area contributed by atoms with Gasteiger partial charge < -0.3 is 10.1 Å². The fraction of sp³-hybridized carbons (Fsp3) is 0.429. The summed E-state index contributed by atoms with van der Waals surface area (Å²) in [7, 11) is 0. The predicted octanol–water partition coefficient (Wildman–Crippen LogP) is 2.36. The predicted molar refractivity (Wildman–Crippen MR) is 74.7 cm³/mol. The Morgan fingerprint density at radius 1 is 1.42 bits per heavy atom. The summed E-state index contributed by atoms with van der Waals surface area (Å²) in [5.74, 6) is -0.711. The lowest BCUT2D eigenvalue weighted by Gasteiger charge is -2.11. The molecule has 0 spiro atoms. The Morgan fingerprint density at radius 2 is 2.21 bits per heavy atom. The zero-order valence-corrected chi connectivity index (χ0v) is 11.4. The molecule has 0 aromatic carbocycles. The van der Waals surface area contributed by atoms with Crippen molar-refractivity contribution in [2.75, 3.05) is 6.61 Å². The lowest BCUT2D eigenvalue weighted by atomic mass is 10.2. The van der Waals surface area contributed by atoms with Crippen LogP contribution in [0.1, 0.15) is 31.2 Å². The Labute approximate surface area is 116 Å². The quantitative estimate of drug-likeness (QED) is 0.665. The van der Waals surface area contributed by atoms with Crippen LogP contribution in [-0.4, -0.2) is 24.5 Å². The number of nitrogens with one attached hydrogen (secondary N) is 1. The Bertz CT molecular complexity index is 447. The van der Waals surface area contributed by atoms with E-state index in [1.54, 1.807) is 17.4 Å². The third-order valence-electron chi connectivity index (χ3n) is 3.02. The second kappa shape index (κ2) is 7.09. The van der Waals surface area contributed by atoms with E-state index in [0.29, 0.717) is 0 Å². The van der Waals surface area contributed by atoms with Crippen LogP contribution >= 0.6 is 11.3 Å². The minimum absolute atomic E-state index is 0.205. The Kier molecular flexibility index (Phi) is 5.15. The normalized spacial score (nSPS) is 15.8. The molecule has 0 aliphatic heterocycles. The van der Waals surface area contributed by atoms with Gasteiger partial charge in [-0.15, -0.1) is 0 Å². The van der Waals surface area contributed by atoms with Crippen LogP contribution in [0.5, 0.6) is 0 Å². The Hall–Kier alpha value is -1.62. The van der Waals surface area contributed by atoms with Crippen LogP contribution in [0, 0.1) is 0 Å². The molecule has 5 heteroatoms. The summed E-state index contributed by atoms with van der Waals surface area (Å²) in [5.41, 5.74) is 0.956. The average molecular weight is 279 g/mol. The van der Waals surface area contributed by atoms with E-state index in [1.807, 2.05) is 16.8 Å². The molecule has 1 saturated carbocycles. The third kappa shape index (κ3) is 4.87. The molecule has 1 fully saturated rings. The second-order valence-corrected chi connectivity index (χ2v) is 5.33. The topological polar surface area (TPSA) is 55.4 Å². The lowest BCUT2D eigenvalue weighted by molar-refractivity contribution is -0.144. The molecule has 0 unspecified atom stereocenters. The van der Waals surface area contributed by atoms with E-state index >= 15 is 0 Å². The molecule has 19 heavy (non-hydrogen) atoms. The van der Waals surface area contributed by atoms with Gasteiger partial charge in [-0.2, -0.15) is 11.3 Å². The number of amides is 1. The third-order valence-corrected chi connectivity index (χ3v) is 3.72. The molecule has 0 atom stereocenters. The maximum absolute atomic E-state index is 11.5. The molecule has 0 saturated heterocycles. The molecule has 1 amide bonds. The molecule has 1 aliphatic rings. The van der Waals surface area contributed by atoms with Crippen molar-refractivity contribution in [1.82, 2.24) is 5.32 Å². The smallest absolute Gasteiger partial charge is 0.331 e. The van der Waals surface area contributed by atoms with Crippen LogP contribution in [0.15, 0.2) is 22.9 Å². The summed E-state index contributed by atoms with van der Waals surface area (Å²) in [5, 5.41) is 6.72. The Morgan fingerprint density at radius 3 is 2.89 bits per heavy atom.